The molecule has 2 aliphatic rings. The fourth-order valence-electron chi connectivity index (χ4n) is 10.7. The van der Waals surface area contributed by atoms with Crippen LogP contribution in [0.2, 0.25) is 0 Å². The second-order valence-electron chi connectivity index (χ2n) is 19.0. The summed E-state index contributed by atoms with van der Waals surface area (Å²) in [5, 5.41) is 5.38. The van der Waals surface area contributed by atoms with E-state index < -0.39 is 0 Å². The van der Waals surface area contributed by atoms with Crippen molar-refractivity contribution in [1.82, 2.24) is 0 Å². The van der Waals surface area contributed by atoms with Gasteiger partial charge in [0.1, 0.15) is 0 Å². The lowest BCUT2D eigenvalue weighted by atomic mass is 9.81. The number of rotatable bonds is 5. The van der Waals surface area contributed by atoms with Gasteiger partial charge >= 0.3 is 0 Å². The van der Waals surface area contributed by atoms with Gasteiger partial charge in [0.25, 0.3) is 0 Å². The lowest BCUT2D eigenvalue weighted by molar-refractivity contribution is 0.660. The molecule has 1 nitrogen and oxygen atoms in total. The highest BCUT2D eigenvalue weighted by molar-refractivity contribution is 7.25. The Balaban J connectivity index is 0.000000144. The highest BCUT2D eigenvalue weighted by Crippen LogP contribution is 2.55. The molecule has 0 radical (unpaired) electrons. The van der Waals surface area contributed by atoms with Gasteiger partial charge in [0, 0.05) is 48.3 Å². The van der Waals surface area contributed by atoms with Gasteiger partial charge in [0.15, 0.2) is 0 Å². The smallest absolute Gasteiger partial charge is 0.0543 e. The highest BCUT2D eigenvalue weighted by Gasteiger charge is 2.38. The van der Waals surface area contributed by atoms with Crippen molar-refractivity contribution in [2.75, 3.05) is 4.90 Å². The first-order valence-electron chi connectivity index (χ1n) is 24.7. The van der Waals surface area contributed by atoms with Crippen LogP contribution in [0, 0.1) is 27.7 Å². The van der Waals surface area contributed by atoms with Crippen molar-refractivity contribution in [1.29, 1.82) is 0 Å². The number of fused-ring (bicyclic) bond motifs is 11. The largest absolute Gasteiger partial charge is 0.310 e. The van der Waals surface area contributed by atoms with E-state index in [-0.39, 0.29) is 5.41 Å². The van der Waals surface area contributed by atoms with Crippen LogP contribution in [0.1, 0.15) is 104 Å². The van der Waals surface area contributed by atoms with Crippen LogP contribution in [0.4, 0.5) is 17.1 Å². The van der Waals surface area contributed by atoms with Crippen molar-refractivity contribution in [3.63, 3.8) is 0 Å². The molecule has 12 rings (SSSR count). The van der Waals surface area contributed by atoms with E-state index in [1.807, 2.05) is 25.2 Å². The third-order valence-electron chi connectivity index (χ3n) is 14.0. The van der Waals surface area contributed by atoms with Crippen molar-refractivity contribution in [3.8, 4) is 22.3 Å². The van der Waals surface area contributed by atoms with Crippen LogP contribution in [-0.4, -0.2) is 0 Å². The topological polar surface area (TPSA) is 3.24 Å². The Bertz CT molecular complexity index is 3390. The van der Waals surface area contributed by atoms with Gasteiger partial charge in [-0.3, -0.25) is 0 Å². The molecule has 0 saturated carbocycles. The summed E-state index contributed by atoms with van der Waals surface area (Å²) in [5.74, 6) is 0.604. The van der Waals surface area contributed by atoms with Crippen LogP contribution in [0.3, 0.4) is 0 Å². The average molecular weight is 904 g/mol. The lowest BCUT2D eigenvalue weighted by Gasteiger charge is -2.30. The molecule has 0 aliphatic heterocycles. The number of aryl methyl sites for hydroxylation is 5. The van der Waals surface area contributed by atoms with Crippen molar-refractivity contribution >= 4 is 59.3 Å². The maximum Gasteiger partial charge on any atom is 0.0543 e. The third kappa shape index (κ3) is 8.56. The zero-order valence-electron chi connectivity index (χ0n) is 41.7. The lowest BCUT2D eigenvalue weighted by Crippen LogP contribution is -2.17. The molecule has 0 fully saturated rings. The van der Waals surface area contributed by atoms with Crippen molar-refractivity contribution < 1.29 is 0 Å². The summed E-state index contributed by atoms with van der Waals surface area (Å²) in [6, 6.07) is 67.1. The second kappa shape index (κ2) is 19.5. The number of nitrogens with zero attached hydrogens (tertiary/aromatic N) is 1. The molecule has 9 aromatic carbocycles. The minimum atomic E-state index is -0.0691. The van der Waals surface area contributed by atoms with Crippen LogP contribution in [0.15, 0.2) is 182 Å². The molecule has 340 valence electrons. The molecular weight excluding hydrogens is 839 g/mol. The summed E-state index contributed by atoms with van der Waals surface area (Å²) < 4.78 is 2.77. The SMILES string of the molecule is CC.CCc1ccc2c(c1)C(CC)c1ccccc1-2.Cc1ccc2sc3ccccc3c2c1.Cc1cccc(N(c2cccc(C)c2)c2cc3c(c4ccccc24)-c2ccc(C)cc2C3(C)C)c1. The van der Waals surface area contributed by atoms with Crippen LogP contribution in [0.5, 0.6) is 0 Å². The summed E-state index contributed by atoms with van der Waals surface area (Å²) >= 11 is 1.87. The van der Waals surface area contributed by atoms with Crippen LogP contribution in [-0.2, 0) is 11.8 Å². The third-order valence-corrected chi connectivity index (χ3v) is 15.2. The molecular formula is C66H65NS. The fourth-order valence-corrected chi connectivity index (χ4v) is 11.8. The van der Waals surface area contributed by atoms with E-state index in [2.05, 4.69) is 242 Å². The molecule has 0 amide bonds. The van der Waals surface area contributed by atoms with Crippen molar-refractivity contribution in [3.05, 3.63) is 232 Å². The van der Waals surface area contributed by atoms with Gasteiger partial charge in [0.05, 0.1) is 5.69 Å². The Morgan fingerprint density at radius 1 is 0.456 bits per heavy atom. The van der Waals surface area contributed by atoms with Crippen LogP contribution >= 0.6 is 11.3 Å². The summed E-state index contributed by atoms with van der Waals surface area (Å²) in [7, 11) is 0. The molecule has 1 heterocycles. The van der Waals surface area contributed by atoms with E-state index in [0.29, 0.717) is 5.92 Å². The minimum absolute atomic E-state index is 0.0691. The number of benzene rings is 9. The second-order valence-corrected chi connectivity index (χ2v) is 20.1. The minimum Gasteiger partial charge on any atom is -0.310 e. The molecule has 1 unspecified atom stereocenters. The molecule has 1 aromatic heterocycles. The van der Waals surface area contributed by atoms with E-state index in [4.69, 9.17) is 0 Å². The molecule has 2 aliphatic carbocycles. The molecule has 0 bridgehead atoms. The maximum absolute atomic E-state index is 2.46. The van der Waals surface area contributed by atoms with E-state index in [1.54, 1.807) is 0 Å². The van der Waals surface area contributed by atoms with Gasteiger partial charge in [-0.25, -0.2) is 0 Å². The Morgan fingerprint density at radius 2 is 1.03 bits per heavy atom. The first-order chi connectivity index (χ1) is 33.0. The zero-order valence-corrected chi connectivity index (χ0v) is 42.5. The van der Waals surface area contributed by atoms with E-state index >= 15 is 0 Å². The number of hydrogen-bond acceptors (Lipinski definition) is 2. The Morgan fingerprint density at radius 3 is 1.72 bits per heavy atom. The van der Waals surface area contributed by atoms with Crippen molar-refractivity contribution in [2.45, 2.75) is 93.4 Å². The molecule has 68 heavy (non-hydrogen) atoms. The van der Waals surface area contributed by atoms with Gasteiger partial charge in [-0.15, -0.1) is 11.3 Å². The summed E-state index contributed by atoms with van der Waals surface area (Å²) in [6.07, 6.45) is 2.32. The Kier molecular flexibility index (Phi) is 13.3. The molecule has 10 aromatic rings. The standard InChI is InChI=1S/C34H31N.C17H18.C13H10S.C2H6/c1-22-10-8-12-25(18-22)35(26-13-9-11-23(2)19-26)32-21-31-33(28-15-7-6-14-27(28)32)29-17-16-24(3)20-30(29)34(31,4)5;1-3-12-9-10-16-15-8-6-5-7-14(15)13(4-2)17(16)11-12;1-9-6-7-13-11(8-9)10-4-2-3-5-12(10)14-13;1-2/h6-21H,1-5H3;5-11,13H,3-4H2,1-2H3;2-8H,1H3;1-2H3. The van der Waals surface area contributed by atoms with Gasteiger partial charge < -0.3 is 4.90 Å². The number of hydrogen-bond donors (Lipinski definition) is 0. The van der Waals surface area contributed by atoms with E-state index in [0.717, 1.165) is 6.42 Å². The highest BCUT2D eigenvalue weighted by atomic mass is 32.1. The maximum atomic E-state index is 2.46. The summed E-state index contributed by atoms with van der Waals surface area (Å²) in [6.45, 7) is 21.9. The van der Waals surface area contributed by atoms with Gasteiger partial charge in [-0.2, -0.15) is 0 Å². The quantitative estimate of drug-likeness (QED) is 0.166. The van der Waals surface area contributed by atoms with Crippen molar-refractivity contribution in [2.24, 2.45) is 0 Å². The van der Waals surface area contributed by atoms with Crippen LogP contribution in [0.25, 0.3) is 53.2 Å². The number of thiophene rings is 1. The Labute approximate surface area is 409 Å². The number of anilines is 3. The molecule has 0 spiro atoms. The summed E-state index contributed by atoms with van der Waals surface area (Å²) in [5.41, 5.74) is 21.7. The normalized spacial score (nSPS) is 13.5. The average Bonchev–Trinajstić information content (AvgIpc) is 3.96. The van der Waals surface area contributed by atoms with Crippen LogP contribution < -0.4 is 4.90 Å². The first kappa shape index (κ1) is 46.4. The molecule has 0 N–H and O–H groups in total. The predicted octanol–water partition coefficient (Wildman–Crippen LogP) is 19.7. The monoisotopic (exact) mass is 903 g/mol. The van der Waals surface area contributed by atoms with E-state index in [1.165, 1.54) is 127 Å². The van der Waals surface area contributed by atoms with Gasteiger partial charge in [0.2, 0.25) is 0 Å². The predicted molar refractivity (Wildman–Crippen MR) is 299 cm³/mol. The van der Waals surface area contributed by atoms with Gasteiger partial charge in [-0.05, 0) is 156 Å². The molecule has 2 heteroatoms. The zero-order chi connectivity index (χ0) is 47.7. The molecule has 0 saturated heterocycles. The van der Waals surface area contributed by atoms with Gasteiger partial charge in [-0.1, -0.05) is 186 Å². The fraction of sp³-hybridized carbons (Fsp3) is 0.212. The van der Waals surface area contributed by atoms with E-state index in [9.17, 15) is 0 Å². The summed E-state index contributed by atoms with van der Waals surface area (Å²) in [4.78, 5) is 2.44. The first-order valence-corrected chi connectivity index (χ1v) is 25.6. The Hall–Kier alpha value is -6.74. The molecule has 1 atom stereocenters.